The molecule has 0 aromatic heterocycles. The zero-order valence-corrected chi connectivity index (χ0v) is 9.40. The van der Waals surface area contributed by atoms with Crippen molar-refractivity contribution < 1.29 is 4.74 Å². The van der Waals surface area contributed by atoms with Crippen LogP contribution in [0, 0.1) is 6.92 Å². The summed E-state index contributed by atoms with van der Waals surface area (Å²) in [5.41, 5.74) is 2.40. The largest absolute Gasteiger partial charge is 0.383 e. The zero-order valence-electron chi connectivity index (χ0n) is 8.64. The highest BCUT2D eigenvalue weighted by molar-refractivity contribution is 6.31. The molecule has 0 heterocycles. The van der Waals surface area contributed by atoms with Crippen molar-refractivity contribution in [3.05, 3.63) is 34.3 Å². The predicted molar refractivity (Wildman–Crippen MR) is 59.8 cm³/mol. The first-order valence-electron chi connectivity index (χ1n) is 4.69. The van der Waals surface area contributed by atoms with E-state index >= 15 is 0 Å². The van der Waals surface area contributed by atoms with Crippen LogP contribution in [0.4, 0.5) is 0 Å². The molecular formula is C11H16ClNO. The molecule has 0 amide bonds. The molecule has 1 N–H and O–H groups in total. The van der Waals surface area contributed by atoms with Gasteiger partial charge in [0.05, 0.1) is 6.61 Å². The number of benzene rings is 1. The van der Waals surface area contributed by atoms with Gasteiger partial charge >= 0.3 is 0 Å². The van der Waals surface area contributed by atoms with Crippen LogP contribution in [0.3, 0.4) is 0 Å². The summed E-state index contributed by atoms with van der Waals surface area (Å²) < 4.78 is 4.94. The number of rotatable bonds is 5. The van der Waals surface area contributed by atoms with Gasteiger partial charge in [0.2, 0.25) is 0 Å². The molecule has 0 saturated carbocycles. The van der Waals surface area contributed by atoms with Gasteiger partial charge < -0.3 is 10.1 Å². The molecule has 1 rings (SSSR count). The van der Waals surface area contributed by atoms with Gasteiger partial charge in [-0.2, -0.15) is 0 Å². The Hall–Kier alpha value is -0.570. The number of hydrogen-bond acceptors (Lipinski definition) is 2. The quantitative estimate of drug-likeness (QED) is 0.759. The molecule has 1 aromatic rings. The topological polar surface area (TPSA) is 21.3 Å². The van der Waals surface area contributed by atoms with Gasteiger partial charge in [-0.15, -0.1) is 0 Å². The second-order valence-corrected chi connectivity index (χ2v) is 3.61. The molecule has 3 heteroatoms. The lowest BCUT2D eigenvalue weighted by molar-refractivity contribution is 0.199. The van der Waals surface area contributed by atoms with E-state index in [1.807, 2.05) is 12.1 Å². The molecule has 78 valence electrons. The normalized spacial score (nSPS) is 10.5. The van der Waals surface area contributed by atoms with Crippen molar-refractivity contribution >= 4 is 11.6 Å². The lowest BCUT2D eigenvalue weighted by Gasteiger charge is -2.09. The SMILES string of the molecule is COCCNCc1c(C)cccc1Cl. The molecule has 0 saturated heterocycles. The van der Waals surface area contributed by atoms with Crippen molar-refractivity contribution in [3.8, 4) is 0 Å². The third kappa shape index (κ3) is 3.29. The molecule has 0 unspecified atom stereocenters. The second kappa shape index (κ2) is 6.02. The number of nitrogens with one attached hydrogen (secondary N) is 1. The Morgan fingerprint density at radius 1 is 1.43 bits per heavy atom. The Labute approximate surface area is 90.2 Å². The van der Waals surface area contributed by atoms with Crippen LogP contribution in [0.15, 0.2) is 18.2 Å². The van der Waals surface area contributed by atoms with Crippen molar-refractivity contribution in [1.29, 1.82) is 0 Å². The Morgan fingerprint density at radius 3 is 2.86 bits per heavy atom. The first-order valence-corrected chi connectivity index (χ1v) is 5.07. The van der Waals surface area contributed by atoms with Gasteiger partial charge in [-0.05, 0) is 24.1 Å². The Morgan fingerprint density at radius 2 is 2.21 bits per heavy atom. The first-order chi connectivity index (χ1) is 6.75. The number of ether oxygens (including phenoxy) is 1. The summed E-state index contributed by atoms with van der Waals surface area (Å²) in [5, 5.41) is 4.10. The smallest absolute Gasteiger partial charge is 0.0587 e. The van der Waals surface area contributed by atoms with E-state index in [9.17, 15) is 0 Å². The molecule has 0 aliphatic carbocycles. The summed E-state index contributed by atoms with van der Waals surface area (Å²) in [5.74, 6) is 0. The van der Waals surface area contributed by atoms with E-state index in [2.05, 4.69) is 18.3 Å². The first kappa shape index (κ1) is 11.5. The fourth-order valence-electron chi connectivity index (χ4n) is 1.28. The van der Waals surface area contributed by atoms with E-state index in [1.54, 1.807) is 7.11 Å². The summed E-state index contributed by atoms with van der Waals surface area (Å²) in [6.45, 7) is 4.44. The molecular weight excluding hydrogens is 198 g/mol. The van der Waals surface area contributed by atoms with Gasteiger partial charge in [-0.1, -0.05) is 23.7 Å². The summed E-state index contributed by atoms with van der Waals surface area (Å²) >= 11 is 6.07. The molecule has 0 bridgehead atoms. The number of hydrogen-bond donors (Lipinski definition) is 1. The molecule has 0 radical (unpaired) electrons. The molecule has 0 fully saturated rings. The lowest BCUT2D eigenvalue weighted by atomic mass is 10.1. The maximum atomic E-state index is 6.07. The summed E-state index contributed by atoms with van der Waals surface area (Å²) in [6, 6.07) is 5.96. The van der Waals surface area contributed by atoms with Crippen molar-refractivity contribution in [1.82, 2.24) is 5.32 Å². The fraction of sp³-hybridized carbons (Fsp3) is 0.455. The third-order valence-electron chi connectivity index (χ3n) is 2.14. The average Bonchev–Trinajstić information content (AvgIpc) is 2.16. The van der Waals surface area contributed by atoms with Gasteiger partial charge in [0.1, 0.15) is 0 Å². The highest BCUT2D eigenvalue weighted by atomic mass is 35.5. The summed E-state index contributed by atoms with van der Waals surface area (Å²) in [4.78, 5) is 0. The van der Waals surface area contributed by atoms with Crippen molar-refractivity contribution in [3.63, 3.8) is 0 Å². The molecule has 2 nitrogen and oxygen atoms in total. The highest BCUT2D eigenvalue weighted by Crippen LogP contribution is 2.18. The molecule has 0 atom stereocenters. The zero-order chi connectivity index (χ0) is 10.4. The third-order valence-corrected chi connectivity index (χ3v) is 2.49. The Kier molecular flexibility index (Phi) is 4.94. The van der Waals surface area contributed by atoms with E-state index in [0.29, 0.717) is 0 Å². The molecule has 14 heavy (non-hydrogen) atoms. The molecule has 1 aromatic carbocycles. The van der Waals surface area contributed by atoms with Crippen LogP contribution >= 0.6 is 11.6 Å². The minimum Gasteiger partial charge on any atom is -0.383 e. The minimum absolute atomic E-state index is 0.726. The maximum absolute atomic E-state index is 6.07. The van der Waals surface area contributed by atoms with Crippen LogP contribution in [0.1, 0.15) is 11.1 Å². The Bertz CT molecular complexity index is 268. The van der Waals surface area contributed by atoms with Gasteiger partial charge in [0.15, 0.2) is 0 Å². The lowest BCUT2D eigenvalue weighted by Crippen LogP contribution is -2.19. The van der Waals surface area contributed by atoms with Gasteiger partial charge in [-0.25, -0.2) is 0 Å². The number of aryl methyl sites for hydroxylation is 1. The van der Waals surface area contributed by atoms with Crippen LogP contribution in [0.5, 0.6) is 0 Å². The van der Waals surface area contributed by atoms with E-state index in [1.165, 1.54) is 11.1 Å². The van der Waals surface area contributed by atoms with Crippen molar-refractivity contribution in [2.75, 3.05) is 20.3 Å². The average molecular weight is 214 g/mol. The second-order valence-electron chi connectivity index (χ2n) is 3.20. The molecule has 0 spiro atoms. The number of methoxy groups -OCH3 is 1. The van der Waals surface area contributed by atoms with Crippen molar-refractivity contribution in [2.45, 2.75) is 13.5 Å². The van der Waals surface area contributed by atoms with Crippen LogP contribution < -0.4 is 5.32 Å². The van der Waals surface area contributed by atoms with Gasteiger partial charge in [-0.3, -0.25) is 0 Å². The van der Waals surface area contributed by atoms with Crippen LogP contribution in [-0.2, 0) is 11.3 Å². The van der Waals surface area contributed by atoms with Gasteiger partial charge in [0.25, 0.3) is 0 Å². The maximum Gasteiger partial charge on any atom is 0.0587 e. The Balaban J connectivity index is 2.49. The standard InChI is InChI=1S/C11H16ClNO/c1-9-4-3-5-11(12)10(9)8-13-6-7-14-2/h3-5,13H,6-8H2,1-2H3. The van der Waals surface area contributed by atoms with Crippen LogP contribution in [0.25, 0.3) is 0 Å². The fourth-order valence-corrected chi connectivity index (χ4v) is 1.57. The van der Waals surface area contributed by atoms with Crippen molar-refractivity contribution in [2.24, 2.45) is 0 Å². The number of halogens is 1. The van der Waals surface area contributed by atoms with Crippen LogP contribution in [0.2, 0.25) is 5.02 Å². The van der Waals surface area contributed by atoms with E-state index in [0.717, 1.165) is 24.7 Å². The van der Waals surface area contributed by atoms with E-state index in [-0.39, 0.29) is 0 Å². The monoisotopic (exact) mass is 213 g/mol. The van der Waals surface area contributed by atoms with E-state index < -0.39 is 0 Å². The molecule has 0 aliphatic heterocycles. The van der Waals surface area contributed by atoms with E-state index in [4.69, 9.17) is 16.3 Å². The predicted octanol–water partition coefficient (Wildman–Crippen LogP) is 2.38. The summed E-state index contributed by atoms with van der Waals surface area (Å²) in [6.07, 6.45) is 0. The molecule has 0 aliphatic rings. The summed E-state index contributed by atoms with van der Waals surface area (Å²) in [7, 11) is 1.70. The minimum atomic E-state index is 0.726. The highest BCUT2D eigenvalue weighted by Gasteiger charge is 2.01. The van der Waals surface area contributed by atoms with Gasteiger partial charge in [0, 0.05) is 25.2 Å². The van der Waals surface area contributed by atoms with Crippen LogP contribution in [-0.4, -0.2) is 20.3 Å².